The molecule has 0 aliphatic rings. The van der Waals surface area contributed by atoms with E-state index in [9.17, 15) is 0 Å². The smallest absolute Gasteiger partial charge is 0.247 e. The highest BCUT2D eigenvalue weighted by Gasteiger charge is 2.14. The first-order valence-electron chi connectivity index (χ1n) is 7.45. The number of aryl methyl sites for hydroxylation is 1. The van der Waals surface area contributed by atoms with Crippen molar-refractivity contribution in [1.29, 1.82) is 0 Å². The summed E-state index contributed by atoms with van der Waals surface area (Å²) in [5.41, 5.74) is 4.75. The van der Waals surface area contributed by atoms with Gasteiger partial charge in [0.25, 0.3) is 0 Å². The van der Waals surface area contributed by atoms with E-state index < -0.39 is 0 Å². The van der Waals surface area contributed by atoms with Crippen LogP contribution >= 0.6 is 0 Å². The summed E-state index contributed by atoms with van der Waals surface area (Å²) in [7, 11) is 0. The average Bonchev–Trinajstić information content (AvgIpc) is 2.93. The van der Waals surface area contributed by atoms with Crippen molar-refractivity contribution >= 4 is 0 Å². The molecule has 1 heterocycles. The van der Waals surface area contributed by atoms with Crippen molar-refractivity contribution in [3.8, 4) is 22.6 Å². The topological polar surface area (TPSA) is 38.9 Å². The van der Waals surface area contributed by atoms with Gasteiger partial charge in [-0.25, -0.2) is 0 Å². The van der Waals surface area contributed by atoms with Crippen molar-refractivity contribution in [2.24, 2.45) is 0 Å². The lowest BCUT2D eigenvalue weighted by molar-refractivity contribution is 0.533. The number of nitrogens with zero attached hydrogens (tertiary/aromatic N) is 2. The maximum atomic E-state index is 5.52. The summed E-state index contributed by atoms with van der Waals surface area (Å²) < 4.78 is 5.52. The van der Waals surface area contributed by atoms with Gasteiger partial charge in [-0.2, -0.15) is 0 Å². The monoisotopic (exact) mass is 292 g/mol. The maximum Gasteiger partial charge on any atom is 0.247 e. The molecule has 2 aromatic carbocycles. The quantitative estimate of drug-likeness (QED) is 0.666. The van der Waals surface area contributed by atoms with Crippen LogP contribution in [0.2, 0.25) is 0 Å². The van der Waals surface area contributed by atoms with Gasteiger partial charge >= 0.3 is 0 Å². The summed E-state index contributed by atoms with van der Waals surface area (Å²) >= 11 is 0. The molecule has 0 fully saturated rings. The number of hydrogen-bond donors (Lipinski definition) is 0. The highest BCUT2D eigenvalue weighted by Crippen LogP contribution is 2.29. The highest BCUT2D eigenvalue weighted by atomic mass is 16.4. The van der Waals surface area contributed by atoms with Gasteiger partial charge < -0.3 is 4.42 Å². The molecule has 3 aromatic rings. The van der Waals surface area contributed by atoms with E-state index in [0.29, 0.717) is 11.8 Å². The van der Waals surface area contributed by atoms with Gasteiger partial charge in [0, 0.05) is 12.5 Å². The molecule has 3 nitrogen and oxygen atoms in total. The highest BCUT2D eigenvalue weighted by molar-refractivity contribution is 5.70. The van der Waals surface area contributed by atoms with Crippen LogP contribution in [0.3, 0.4) is 0 Å². The second-order valence-corrected chi connectivity index (χ2v) is 6.54. The predicted octanol–water partition coefficient (Wildman–Crippen LogP) is 5.01. The van der Waals surface area contributed by atoms with Crippen LogP contribution in [0.15, 0.2) is 52.9 Å². The summed E-state index contributed by atoms with van der Waals surface area (Å²) in [5.74, 6) is 1.14. The van der Waals surface area contributed by atoms with E-state index in [1.165, 1.54) is 11.1 Å². The molecular formula is C19H20N2O. The molecule has 0 N–H and O–H groups in total. The van der Waals surface area contributed by atoms with Crippen LogP contribution in [-0.4, -0.2) is 10.2 Å². The van der Waals surface area contributed by atoms with E-state index in [-0.39, 0.29) is 5.41 Å². The zero-order valence-electron chi connectivity index (χ0n) is 13.4. The Labute approximate surface area is 131 Å². The van der Waals surface area contributed by atoms with Gasteiger partial charge in [-0.3, -0.25) is 0 Å². The van der Waals surface area contributed by atoms with Crippen LogP contribution < -0.4 is 0 Å². The van der Waals surface area contributed by atoms with Gasteiger partial charge in [-0.1, -0.05) is 57.2 Å². The van der Waals surface area contributed by atoms with Gasteiger partial charge in [0.05, 0.1) is 0 Å². The molecule has 0 atom stereocenters. The Bertz CT molecular complexity index is 797. The first kappa shape index (κ1) is 14.5. The largest absolute Gasteiger partial charge is 0.421 e. The van der Waals surface area contributed by atoms with E-state index in [1.54, 1.807) is 6.92 Å². The predicted molar refractivity (Wildman–Crippen MR) is 88.6 cm³/mol. The molecule has 3 heteroatoms. The van der Waals surface area contributed by atoms with E-state index in [1.807, 2.05) is 12.1 Å². The second kappa shape index (κ2) is 5.41. The Balaban J connectivity index is 2.03. The summed E-state index contributed by atoms with van der Waals surface area (Å²) in [5, 5.41) is 7.99. The van der Waals surface area contributed by atoms with E-state index in [0.717, 1.165) is 11.1 Å². The molecule has 1 aromatic heterocycles. The minimum Gasteiger partial charge on any atom is -0.421 e. The molecule has 0 saturated carbocycles. The fourth-order valence-corrected chi connectivity index (χ4v) is 2.41. The van der Waals surface area contributed by atoms with Gasteiger partial charge in [-0.15, -0.1) is 10.2 Å². The third-order valence-corrected chi connectivity index (χ3v) is 3.70. The van der Waals surface area contributed by atoms with E-state index in [4.69, 9.17) is 4.42 Å². The third kappa shape index (κ3) is 2.93. The molecule has 0 spiro atoms. The summed E-state index contributed by atoms with van der Waals surface area (Å²) in [6.07, 6.45) is 0. The van der Waals surface area contributed by atoms with Crippen molar-refractivity contribution in [3.05, 3.63) is 60.0 Å². The molecular weight excluding hydrogens is 272 g/mol. The van der Waals surface area contributed by atoms with Gasteiger partial charge in [0.15, 0.2) is 0 Å². The third-order valence-electron chi connectivity index (χ3n) is 3.70. The number of aromatic nitrogens is 2. The second-order valence-electron chi connectivity index (χ2n) is 6.54. The minimum absolute atomic E-state index is 0.136. The lowest BCUT2D eigenvalue weighted by atomic mass is 9.85. The molecule has 0 aliphatic heterocycles. The van der Waals surface area contributed by atoms with Crippen LogP contribution in [0.4, 0.5) is 0 Å². The summed E-state index contributed by atoms with van der Waals surface area (Å²) in [6, 6.07) is 16.9. The van der Waals surface area contributed by atoms with Crippen LogP contribution in [0.25, 0.3) is 22.6 Å². The van der Waals surface area contributed by atoms with Crippen molar-refractivity contribution in [2.75, 3.05) is 0 Å². The molecule has 0 unspecified atom stereocenters. The molecule has 0 radical (unpaired) electrons. The minimum atomic E-state index is 0.136. The van der Waals surface area contributed by atoms with Gasteiger partial charge in [-0.05, 0) is 34.2 Å². The Hall–Kier alpha value is -2.42. The fourth-order valence-electron chi connectivity index (χ4n) is 2.41. The normalized spacial score (nSPS) is 11.6. The number of hydrogen-bond acceptors (Lipinski definition) is 3. The Kier molecular flexibility index (Phi) is 3.57. The Morgan fingerprint density at radius 2 is 1.45 bits per heavy atom. The Morgan fingerprint density at radius 1 is 0.818 bits per heavy atom. The van der Waals surface area contributed by atoms with Crippen LogP contribution in [0.5, 0.6) is 0 Å². The van der Waals surface area contributed by atoms with Gasteiger partial charge in [0.2, 0.25) is 11.8 Å². The lowest BCUT2D eigenvalue weighted by Gasteiger charge is -2.19. The number of rotatable bonds is 2. The van der Waals surface area contributed by atoms with Crippen molar-refractivity contribution in [2.45, 2.75) is 33.1 Å². The van der Waals surface area contributed by atoms with Gasteiger partial charge in [0.1, 0.15) is 0 Å². The molecule has 22 heavy (non-hydrogen) atoms. The molecule has 0 aliphatic carbocycles. The van der Waals surface area contributed by atoms with Crippen molar-refractivity contribution in [1.82, 2.24) is 10.2 Å². The Morgan fingerprint density at radius 3 is 2.09 bits per heavy atom. The summed E-state index contributed by atoms with van der Waals surface area (Å²) in [6.45, 7) is 8.48. The summed E-state index contributed by atoms with van der Waals surface area (Å²) in [4.78, 5) is 0. The fraction of sp³-hybridized carbons (Fsp3) is 0.263. The molecule has 0 saturated heterocycles. The molecule has 3 rings (SSSR count). The van der Waals surface area contributed by atoms with Crippen LogP contribution in [0, 0.1) is 6.92 Å². The lowest BCUT2D eigenvalue weighted by Crippen LogP contribution is -2.10. The zero-order valence-corrected chi connectivity index (χ0v) is 13.4. The maximum absolute atomic E-state index is 5.52. The first-order valence-corrected chi connectivity index (χ1v) is 7.45. The molecule has 112 valence electrons. The standard InChI is InChI=1S/C19H20N2O/c1-13-20-21-18(22-13)16-9-5-7-14(11-16)15-8-6-10-17(12-15)19(2,3)4/h5-12H,1-4H3. The van der Waals surface area contributed by atoms with E-state index in [2.05, 4.69) is 67.4 Å². The first-order chi connectivity index (χ1) is 10.4. The van der Waals surface area contributed by atoms with Crippen LogP contribution in [0.1, 0.15) is 32.2 Å². The average molecular weight is 292 g/mol. The molecule has 0 amide bonds. The van der Waals surface area contributed by atoms with Crippen LogP contribution in [-0.2, 0) is 5.41 Å². The van der Waals surface area contributed by atoms with E-state index >= 15 is 0 Å². The van der Waals surface area contributed by atoms with Crippen molar-refractivity contribution < 1.29 is 4.42 Å². The van der Waals surface area contributed by atoms with Crippen molar-refractivity contribution in [3.63, 3.8) is 0 Å². The molecule has 0 bridgehead atoms. The number of benzene rings is 2. The zero-order chi connectivity index (χ0) is 15.7. The SMILES string of the molecule is Cc1nnc(-c2cccc(-c3cccc(C(C)(C)C)c3)c2)o1.